The predicted octanol–water partition coefficient (Wildman–Crippen LogP) is 5.41. The molecule has 0 heterocycles. The molecule has 29 heavy (non-hydrogen) atoms. The zero-order valence-corrected chi connectivity index (χ0v) is 17.5. The van der Waals surface area contributed by atoms with Gasteiger partial charge in [0.15, 0.2) is 0 Å². The molecule has 152 valence electrons. The molecular weight excluding hydrogens is 382 g/mol. The molecular formula is C25H28ClNO2. The van der Waals surface area contributed by atoms with E-state index in [1.54, 1.807) is 0 Å². The lowest BCUT2D eigenvalue weighted by atomic mass is 9.95. The van der Waals surface area contributed by atoms with Crippen LogP contribution in [0.4, 0.5) is 0 Å². The van der Waals surface area contributed by atoms with Crippen LogP contribution in [0.25, 0.3) is 11.1 Å². The van der Waals surface area contributed by atoms with Crippen molar-refractivity contribution >= 4 is 18.4 Å². The van der Waals surface area contributed by atoms with E-state index in [4.69, 9.17) is 10.5 Å². The maximum atomic E-state index is 12.2. The van der Waals surface area contributed by atoms with Gasteiger partial charge in [-0.15, -0.1) is 12.4 Å². The normalized spacial score (nSPS) is 12.5. The average molecular weight is 410 g/mol. The molecule has 0 fully saturated rings. The van der Waals surface area contributed by atoms with E-state index in [-0.39, 0.29) is 30.3 Å². The van der Waals surface area contributed by atoms with E-state index in [2.05, 4.69) is 36.4 Å². The quantitative estimate of drug-likeness (QED) is 0.505. The van der Waals surface area contributed by atoms with Crippen LogP contribution in [0.1, 0.15) is 24.5 Å². The van der Waals surface area contributed by atoms with Crippen LogP contribution in [0, 0.1) is 5.92 Å². The van der Waals surface area contributed by atoms with Gasteiger partial charge in [-0.25, -0.2) is 0 Å². The van der Waals surface area contributed by atoms with Crippen LogP contribution >= 0.6 is 12.4 Å². The van der Waals surface area contributed by atoms with E-state index >= 15 is 0 Å². The lowest BCUT2D eigenvalue weighted by Crippen LogP contribution is -2.29. The van der Waals surface area contributed by atoms with Crippen molar-refractivity contribution in [2.24, 2.45) is 11.7 Å². The summed E-state index contributed by atoms with van der Waals surface area (Å²) in [6, 6.07) is 28.4. The summed E-state index contributed by atoms with van der Waals surface area (Å²) in [6.07, 6.45) is 1.35. The minimum absolute atomic E-state index is 0. The summed E-state index contributed by atoms with van der Waals surface area (Å²) in [4.78, 5) is 12.2. The first-order chi connectivity index (χ1) is 13.6. The second-order valence-electron chi connectivity index (χ2n) is 7.26. The van der Waals surface area contributed by atoms with Crippen LogP contribution in [-0.4, -0.2) is 12.0 Å². The fraction of sp³-hybridized carbons (Fsp3) is 0.240. The Hall–Kier alpha value is -2.62. The molecule has 4 heteroatoms. The smallest absolute Gasteiger partial charge is 0.309 e. The van der Waals surface area contributed by atoms with Gasteiger partial charge in [-0.05, 0) is 35.1 Å². The molecule has 3 aromatic rings. The van der Waals surface area contributed by atoms with E-state index in [0.717, 1.165) is 12.0 Å². The fourth-order valence-electron chi connectivity index (χ4n) is 3.27. The van der Waals surface area contributed by atoms with Crippen LogP contribution in [0.2, 0.25) is 0 Å². The van der Waals surface area contributed by atoms with Crippen LogP contribution < -0.4 is 5.73 Å². The number of carbonyl (C=O) groups is 1. The molecule has 3 aromatic carbocycles. The van der Waals surface area contributed by atoms with Crippen molar-refractivity contribution in [3.8, 4) is 11.1 Å². The summed E-state index contributed by atoms with van der Waals surface area (Å²) in [5.74, 6) is -0.416. The third kappa shape index (κ3) is 7.04. The molecule has 0 unspecified atom stereocenters. The molecule has 0 saturated carbocycles. The molecule has 0 spiro atoms. The third-order valence-electron chi connectivity index (χ3n) is 4.84. The molecule has 0 aliphatic heterocycles. The molecule has 3 nitrogen and oxygen atoms in total. The monoisotopic (exact) mass is 409 g/mol. The number of halogens is 1. The van der Waals surface area contributed by atoms with Crippen molar-refractivity contribution in [2.45, 2.75) is 32.4 Å². The van der Waals surface area contributed by atoms with Gasteiger partial charge in [0, 0.05) is 6.04 Å². The second-order valence-corrected chi connectivity index (χ2v) is 7.26. The Labute approximate surface area is 179 Å². The maximum absolute atomic E-state index is 12.2. The Kier molecular flexibility index (Phi) is 8.91. The maximum Gasteiger partial charge on any atom is 0.309 e. The Morgan fingerprint density at radius 2 is 1.38 bits per heavy atom. The molecule has 3 rings (SSSR count). The molecule has 0 aliphatic carbocycles. The summed E-state index contributed by atoms with van der Waals surface area (Å²) in [5.41, 5.74) is 10.9. The van der Waals surface area contributed by atoms with Gasteiger partial charge in [-0.1, -0.05) is 91.9 Å². The van der Waals surface area contributed by atoms with E-state index in [1.165, 1.54) is 16.7 Å². The van der Waals surface area contributed by atoms with Crippen molar-refractivity contribution in [3.05, 3.63) is 96.1 Å². The van der Waals surface area contributed by atoms with Gasteiger partial charge in [0.05, 0.1) is 5.92 Å². The summed E-state index contributed by atoms with van der Waals surface area (Å²) < 4.78 is 5.41. The zero-order valence-electron chi connectivity index (χ0n) is 16.7. The number of carbonyl (C=O) groups excluding carboxylic acids is 1. The van der Waals surface area contributed by atoms with E-state index < -0.39 is 0 Å². The first-order valence-electron chi connectivity index (χ1n) is 9.72. The van der Waals surface area contributed by atoms with Gasteiger partial charge in [-0.3, -0.25) is 4.79 Å². The summed E-state index contributed by atoms with van der Waals surface area (Å²) in [7, 11) is 0. The summed E-state index contributed by atoms with van der Waals surface area (Å²) in [5, 5.41) is 0. The topological polar surface area (TPSA) is 52.3 Å². The van der Waals surface area contributed by atoms with E-state index in [9.17, 15) is 4.79 Å². The highest BCUT2D eigenvalue weighted by molar-refractivity contribution is 5.85. The molecule has 2 atom stereocenters. The minimum Gasteiger partial charge on any atom is -0.461 e. The molecule has 0 aromatic heterocycles. The summed E-state index contributed by atoms with van der Waals surface area (Å²) in [6.45, 7) is 2.19. The van der Waals surface area contributed by atoms with Gasteiger partial charge in [0.25, 0.3) is 0 Å². The number of benzene rings is 3. The van der Waals surface area contributed by atoms with Crippen LogP contribution in [0.5, 0.6) is 0 Å². The highest BCUT2D eigenvalue weighted by Crippen LogP contribution is 2.20. The highest BCUT2D eigenvalue weighted by atomic mass is 35.5. The number of hydrogen-bond donors (Lipinski definition) is 1. The third-order valence-corrected chi connectivity index (χ3v) is 4.84. The van der Waals surface area contributed by atoms with Crippen molar-refractivity contribution < 1.29 is 9.53 Å². The number of nitrogens with two attached hydrogens (primary N) is 1. The van der Waals surface area contributed by atoms with Gasteiger partial charge >= 0.3 is 5.97 Å². The van der Waals surface area contributed by atoms with Crippen molar-refractivity contribution in [1.82, 2.24) is 0 Å². The van der Waals surface area contributed by atoms with Gasteiger partial charge in [0.2, 0.25) is 0 Å². The molecule has 0 amide bonds. The Balaban J connectivity index is 0.00000300. The van der Waals surface area contributed by atoms with Crippen molar-refractivity contribution in [3.63, 3.8) is 0 Å². The van der Waals surface area contributed by atoms with Crippen LogP contribution in [-0.2, 0) is 22.6 Å². The average Bonchev–Trinajstić information content (AvgIpc) is 2.74. The zero-order chi connectivity index (χ0) is 19.8. The first-order valence-corrected chi connectivity index (χ1v) is 9.72. The molecule has 0 saturated heterocycles. The minimum atomic E-state index is -0.220. The SMILES string of the molecule is C[C@H](C[C@H](N)Cc1ccc(-c2ccccc2)cc1)C(=O)OCc1ccccc1.Cl. The first kappa shape index (κ1) is 22.7. The fourth-order valence-corrected chi connectivity index (χ4v) is 3.27. The standard InChI is InChI=1S/C25H27NO2.ClH/c1-19(25(27)28-18-21-8-4-2-5-9-21)16-24(26)17-20-12-14-23(15-13-20)22-10-6-3-7-11-22;/h2-15,19,24H,16-18,26H2,1H3;1H/t19-,24+;/m1./s1. The van der Waals surface area contributed by atoms with Gasteiger partial charge < -0.3 is 10.5 Å². The van der Waals surface area contributed by atoms with E-state index in [1.807, 2.05) is 55.5 Å². The lowest BCUT2D eigenvalue weighted by Gasteiger charge is -2.17. The van der Waals surface area contributed by atoms with Crippen molar-refractivity contribution in [1.29, 1.82) is 0 Å². The number of rotatable bonds is 8. The summed E-state index contributed by atoms with van der Waals surface area (Å²) >= 11 is 0. The number of esters is 1. The number of hydrogen-bond acceptors (Lipinski definition) is 3. The molecule has 0 aliphatic rings. The molecule has 0 bridgehead atoms. The Morgan fingerprint density at radius 3 is 2.00 bits per heavy atom. The van der Waals surface area contributed by atoms with Gasteiger partial charge in [-0.2, -0.15) is 0 Å². The van der Waals surface area contributed by atoms with Gasteiger partial charge in [0.1, 0.15) is 6.61 Å². The predicted molar refractivity (Wildman–Crippen MR) is 121 cm³/mol. The Morgan fingerprint density at radius 1 is 0.828 bits per heavy atom. The molecule has 0 radical (unpaired) electrons. The second kappa shape index (κ2) is 11.4. The number of ether oxygens (including phenoxy) is 1. The van der Waals surface area contributed by atoms with E-state index in [0.29, 0.717) is 13.0 Å². The largest absolute Gasteiger partial charge is 0.461 e. The van der Waals surface area contributed by atoms with Crippen LogP contribution in [0.3, 0.4) is 0 Å². The van der Waals surface area contributed by atoms with Crippen LogP contribution in [0.15, 0.2) is 84.9 Å². The lowest BCUT2D eigenvalue weighted by molar-refractivity contribution is -0.149. The highest BCUT2D eigenvalue weighted by Gasteiger charge is 2.18. The Bertz CT molecular complexity index is 866. The van der Waals surface area contributed by atoms with Crippen molar-refractivity contribution in [2.75, 3.05) is 0 Å². The molecule has 2 N–H and O–H groups in total.